The van der Waals surface area contributed by atoms with Gasteiger partial charge in [-0.1, -0.05) is 26.0 Å². The maximum Gasteiger partial charge on any atom is 0.173 e. The standard InChI is InChI=1S/C26H21N5OS2/c1-14(2)9-21(32)23-11-15-3-4-16(12-22(15)34-23)25-29-20-7-8-33-24(20)26(30-25)28-18-5-6-19-17(10-18)13-27-31-19/h3-8,10-14H,9H2,1-2H3,(H,27,31)(H,28,29,30). The molecular formula is C26H21N5OS2. The quantitative estimate of drug-likeness (QED) is 0.241. The van der Waals surface area contributed by atoms with Gasteiger partial charge in [-0.3, -0.25) is 9.89 Å². The molecule has 0 saturated carbocycles. The highest BCUT2D eigenvalue weighted by Gasteiger charge is 2.15. The third kappa shape index (κ3) is 3.85. The van der Waals surface area contributed by atoms with E-state index in [-0.39, 0.29) is 5.78 Å². The molecule has 6 rings (SSSR count). The lowest BCUT2D eigenvalue weighted by atomic mass is 10.1. The highest BCUT2D eigenvalue weighted by atomic mass is 32.1. The van der Waals surface area contributed by atoms with Gasteiger partial charge in [0.05, 0.1) is 26.8 Å². The Morgan fingerprint density at radius 1 is 1.06 bits per heavy atom. The monoisotopic (exact) mass is 483 g/mol. The highest BCUT2D eigenvalue weighted by Crippen LogP contribution is 2.34. The fraction of sp³-hybridized carbons (Fsp3) is 0.154. The zero-order chi connectivity index (χ0) is 23.2. The number of benzene rings is 2. The lowest BCUT2D eigenvalue weighted by Crippen LogP contribution is -2.00. The van der Waals surface area contributed by atoms with Gasteiger partial charge in [0.1, 0.15) is 0 Å². The van der Waals surface area contributed by atoms with E-state index >= 15 is 0 Å². The van der Waals surface area contributed by atoms with Crippen molar-refractivity contribution in [1.82, 2.24) is 20.2 Å². The molecule has 0 aliphatic heterocycles. The van der Waals surface area contributed by atoms with Gasteiger partial charge in [-0.2, -0.15) is 5.10 Å². The molecule has 34 heavy (non-hydrogen) atoms. The fourth-order valence-electron chi connectivity index (χ4n) is 4.01. The molecule has 0 aliphatic rings. The average molecular weight is 484 g/mol. The average Bonchev–Trinajstić information content (AvgIpc) is 3.56. The molecule has 6 aromatic rings. The Kier molecular flexibility index (Phi) is 5.12. The fourth-order valence-corrected chi connectivity index (χ4v) is 5.84. The van der Waals surface area contributed by atoms with Crippen LogP contribution in [-0.2, 0) is 0 Å². The maximum absolute atomic E-state index is 12.6. The van der Waals surface area contributed by atoms with Gasteiger partial charge in [-0.25, -0.2) is 9.97 Å². The van der Waals surface area contributed by atoms with Crippen molar-refractivity contribution in [1.29, 1.82) is 0 Å². The second-order valence-corrected chi connectivity index (χ2v) is 10.7. The summed E-state index contributed by atoms with van der Waals surface area (Å²) in [5.41, 5.74) is 3.76. The van der Waals surface area contributed by atoms with Gasteiger partial charge in [-0.15, -0.1) is 22.7 Å². The molecule has 0 radical (unpaired) electrons. The van der Waals surface area contributed by atoms with Crippen LogP contribution in [0.25, 0.3) is 42.6 Å². The summed E-state index contributed by atoms with van der Waals surface area (Å²) in [7, 11) is 0. The molecule has 0 saturated heterocycles. The summed E-state index contributed by atoms with van der Waals surface area (Å²) in [5, 5.41) is 14.7. The minimum absolute atomic E-state index is 0.203. The van der Waals surface area contributed by atoms with Gasteiger partial charge in [0, 0.05) is 27.8 Å². The summed E-state index contributed by atoms with van der Waals surface area (Å²) in [6.45, 7) is 4.14. The van der Waals surface area contributed by atoms with E-state index in [9.17, 15) is 4.79 Å². The van der Waals surface area contributed by atoms with E-state index in [2.05, 4.69) is 41.5 Å². The molecule has 6 nitrogen and oxygen atoms in total. The largest absolute Gasteiger partial charge is 0.339 e. The Balaban J connectivity index is 1.39. The molecule has 8 heteroatoms. The predicted octanol–water partition coefficient (Wildman–Crippen LogP) is 7.42. The number of H-pyrrole nitrogens is 1. The Morgan fingerprint density at radius 3 is 2.85 bits per heavy atom. The molecule has 0 aliphatic carbocycles. The summed E-state index contributed by atoms with van der Waals surface area (Å²) in [5.74, 6) is 1.98. The van der Waals surface area contributed by atoms with Gasteiger partial charge in [0.15, 0.2) is 17.4 Å². The number of carbonyl (C=O) groups excluding carboxylic acids is 1. The maximum atomic E-state index is 12.6. The van der Waals surface area contributed by atoms with Gasteiger partial charge in [-0.05, 0) is 53.1 Å². The molecule has 2 aromatic carbocycles. The number of fused-ring (bicyclic) bond motifs is 3. The van der Waals surface area contributed by atoms with Crippen LogP contribution in [0.4, 0.5) is 11.5 Å². The van der Waals surface area contributed by atoms with Crippen LogP contribution in [0.3, 0.4) is 0 Å². The first-order chi connectivity index (χ1) is 16.5. The van der Waals surface area contributed by atoms with E-state index in [1.807, 2.05) is 48.0 Å². The number of nitrogens with one attached hydrogen (secondary N) is 2. The lowest BCUT2D eigenvalue weighted by Gasteiger charge is -2.09. The number of hydrogen-bond donors (Lipinski definition) is 2. The zero-order valence-electron chi connectivity index (χ0n) is 18.6. The van der Waals surface area contributed by atoms with Gasteiger partial charge in [0.25, 0.3) is 0 Å². The third-order valence-electron chi connectivity index (χ3n) is 5.65. The van der Waals surface area contributed by atoms with Crippen LogP contribution < -0.4 is 5.32 Å². The minimum atomic E-state index is 0.203. The topological polar surface area (TPSA) is 83.6 Å². The van der Waals surface area contributed by atoms with Crippen LogP contribution in [0, 0.1) is 5.92 Å². The Labute approximate surface area is 203 Å². The van der Waals surface area contributed by atoms with Crippen molar-refractivity contribution < 1.29 is 4.79 Å². The summed E-state index contributed by atoms with van der Waals surface area (Å²) in [4.78, 5) is 23.1. The van der Waals surface area contributed by atoms with Gasteiger partial charge >= 0.3 is 0 Å². The van der Waals surface area contributed by atoms with Gasteiger partial charge < -0.3 is 5.32 Å². The van der Waals surface area contributed by atoms with Crippen LogP contribution in [-0.4, -0.2) is 25.9 Å². The number of thiophene rings is 2. The Hall–Kier alpha value is -3.62. The minimum Gasteiger partial charge on any atom is -0.339 e. The van der Waals surface area contributed by atoms with E-state index in [0.29, 0.717) is 18.2 Å². The SMILES string of the molecule is CC(C)CC(=O)c1cc2ccc(-c3nc(Nc4ccc5[nH]ncc5c4)c4sccc4n3)cc2s1. The van der Waals surface area contributed by atoms with E-state index in [4.69, 9.17) is 9.97 Å². The van der Waals surface area contributed by atoms with E-state index in [1.54, 1.807) is 22.7 Å². The van der Waals surface area contributed by atoms with Crippen LogP contribution in [0.5, 0.6) is 0 Å². The number of anilines is 2. The number of Topliss-reactive ketones (excluding diaryl/α,β-unsaturated/α-hetero) is 1. The molecule has 0 spiro atoms. The van der Waals surface area contributed by atoms with Crippen LogP contribution in [0.1, 0.15) is 29.9 Å². The summed E-state index contributed by atoms with van der Waals surface area (Å²) >= 11 is 3.16. The van der Waals surface area contributed by atoms with Crippen molar-refractivity contribution in [3.8, 4) is 11.4 Å². The molecule has 0 atom stereocenters. The first kappa shape index (κ1) is 20.9. The van der Waals surface area contributed by atoms with Crippen molar-refractivity contribution in [3.05, 3.63) is 65.0 Å². The number of aromatic amines is 1. The van der Waals surface area contributed by atoms with E-state index < -0.39 is 0 Å². The normalized spacial score (nSPS) is 11.7. The third-order valence-corrected chi connectivity index (χ3v) is 7.70. The molecule has 0 fully saturated rings. The number of rotatable bonds is 6. The number of aromatic nitrogens is 4. The molecular weight excluding hydrogens is 462 g/mol. The molecule has 2 N–H and O–H groups in total. The van der Waals surface area contributed by atoms with Crippen LogP contribution >= 0.6 is 22.7 Å². The molecule has 4 heterocycles. The summed E-state index contributed by atoms with van der Waals surface area (Å²) < 4.78 is 2.08. The molecule has 168 valence electrons. The van der Waals surface area contributed by atoms with E-state index in [1.165, 1.54) is 0 Å². The number of nitrogens with zero attached hydrogens (tertiary/aromatic N) is 3. The smallest absolute Gasteiger partial charge is 0.173 e. The van der Waals surface area contributed by atoms with Crippen molar-refractivity contribution in [2.24, 2.45) is 5.92 Å². The molecule has 4 aromatic heterocycles. The molecule has 0 amide bonds. The first-order valence-electron chi connectivity index (χ1n) is 11.1. The Bertz CT molecular complexity index is 1680. The number of ketones is 1. The van der Waals surface area contributed by atoms with Crippen molar-refractivity contribution in [2.75, 3.05) is 5.32 Å². The molecule has 0 unspecified atom stereocenters. The summed E-state index contributed by atoms with van der Waals surface area (Å²) in [6, 6.07) is 16.2. The first-order valence-corrected chi connectivity index (χ1v) is 12.8. The molecule has 0 bridgehead atoms. The summed E-state index contributed by atoms with van der Waals surface area (Å²) in [6.07, 6.45) is 2.38. The predicted molar refractivity (Wildman–Crippen MR) is 141 cm³/mol. The second-order valence-electron chi connectivity index (χ2n) is 8.71. The van der Waals surface area contributed by atoms with E-state index in [0.717, 1.165) is 53.2 Å². The highest BCUT2D eigenvalue weighted by molar-refractivity contribution is 7.20. The number of carbonyl (C=O) groups is 1. The lowest BCUT2D eigenvalue weighted by molar-refractivity contribution is 0.0972. The van der Waals surface area contributed by atoms with Crippen molar-refractivity contribution in [2.45, 2.75) is 20.3 Å². The van der Waals surface area contributed by atoms with Crippen molar-refractivity contribution in [3.63, 3.8) is 0 Å². The van der Waals surface area contributed by atoms with Crippen molar-refractivity contribution >= 4 is 71.2 Å². The van der Waals surface area contributed by atoms with Crippen LogP contribution in [0.2, 0.25) is 0 Å². The second kappa shape index (κ2) is 8.30. The number of hydrogen-bond acceptors (Lipinski definition) is 7. The van der Waals surface area contributed by atoms with Gasteiger partial charge in [0.2, 0.25) is 0 Å². The zero-order valence-corrected chi connectivity index (χ0v) is 20.3. The Morgan fingerprint density at radius 2 is 1.97 bits per heavy atom. The van der Waals surface area contributed by atoms with Crippen LogP contribution in [0.15, 0.2) is 60.1 Å².